The third kappa shape index (κ3) is 3.26. The lowest BCUT2D eigenvalue weighted by Crippen LogP contribution is -2.53. The van der Waals surface area contributed by atoms with Gasteiger partial charge in [-0.3, -0.25) is 19.4 Å². The van der Waals surface area contributed by atoms with Crippen molar-refractivity contribution in [3.8, 4) is 0 Å². The number of likely N-dealkylation sites (N-methyl/N-ethyl adjacent to an activating group) is 2. The summed E-state index contributed by atoms with van der Waals surface area (Å²) in [5.74, 6) is -1.13. The second kappa shape index (κ2) is 6.64. The summed E-state index contributed by atoms with van der Waals surface area (Å²) in [6.07, 6.45) is 0.495. The Kier molecular flexibility index (Phi) is 4.83. The van der Waals surface area contributed by atoms with Crippen molar-refractivity contribution >= 4 is 17.8 Å². The maximum Gasteiger partial charge on any atom is 0.333 e. The number of rotatable bonds is 4. The molecule has 0 saturated carbocycles. The van der Waals surface area contributed by atoms with Crippen LogP contribution in [-0.4, -0.2) is 41.7 Å². The Morgan fingerprint density at radius 3 is 2.00 bits per heavy atom. The molecule has 4 amide bonds. The molecule has 1 aromatic rings. The van der Waals surface area contributed by atoms with Crippen LogP contribution in [0.25, 0.3) is 0 Å². The minimum atomic E-state index is -0.613. The van der Waals surface area contributed by atoms with Crippen molar-refractivity contribution in [2.75, 3.05) is 14.1 Å². The molecule has 122 valence electrons. The van der Waals surface area contributed by atoms with Crippen LogP contribution >= 0.6 is 0 Å². The van der Waals surface area contributed by atoms with E-state index < -0.39 is 17.8 Å². The first-order chi connectivity index (χ1) is 10.9. The van der Waals surface area contributed by atoms with Gasteiger partial charge in [-0.25, -0.2) is 4.79 Å². The SMILES string of the molecule is CCC(NCc1ccc(C)cc1)=C1C(=O)N(C)C(=O)N(C)C1=O. The number of barbiturate groups is 1. The van der Waals surface area contributed by atoms with Crippen molar-refractivity contribution < 1.29 is 14.4 Å². The van der Waals surface area contributed by atoms with E-state index >= 15 is 0 Å². The molecule has 0 spiro atoms. The number of hydrogen-bond acceptors (Lipinski definition) is 4. The summed E-state index contributed by atoms with van der Waals surface area (Å²) in [7, 11) is 2.75. The molecule has 0 bridgehead atoms. The summed E-state index contributed by atoms with van der Waals surface area (Å²) in [6.45, 7) is 4.38. The fourth-order valence-electron chi connectivity index (χ4n) is 2.39. The highest BCUT2D eigenvalue weighted by atomic mass is 16.2. The van der Waals surface area contributed by atoms with E-state index in [0.29, 0.717) is 18.7 Å². The van der Waals surface area contributed by atoms with Crippen LogP contribution < -0.4 is 5.32 Å². The second-order valence-electron chi connectivity index (χ2n) is 5.56. The number of urea groups is 1. The first kappa shape index (κ1) is 16.7. The Hall–Kier alpha value is -2.63. The number of imide groups is 2. The molecular weight excluding hydrogens is 294 g/mol. The Balaban J connectivity index is 2.27. The Morgan fingerprint density at radius 1 is 1.00 bits per heavy atom. The topological polar surface area (TPSA) is 69.7 Å². The maximum atomic E-state index is 12.3. The molecule has 6 nitrogen and oxygen atoms in total. The highest BCUT2D eigenvalue weighted by Gasteiger charge is 2.39. The Bertz CT molecular complexity index is 651. The smallest absolute Gasteiger partial charge is 0.333 e. The minimum Gasteiger partial charge on any atom is -0.383 e. The Labute approximate surface area is 135 Å². The maximum absolute atomic E-state index is 12.3. The van der Waals surface area contributed by atoms with Crippen molar-refractivity contribution in [1.29, 1.82) is 0 Å². The summed E-state index contributed by atoms with van der Waals surface area (Å²) < 4.78 is 0. The van der Waals surface area contributed by atoms with Crippen molar-refractivity contribution in [3.63, 3.8) is 0 Å². The standard InChI is InChI=1S/C17H21N3O3/c1-5-13(18-10-12-8-6-11(2)7-9-12)14-15(21)19(3)17(23)20(4)16(14)22/h6-9,18H,5,10H2,1-4H3. The molecule has 2 rings (SSSR count). The molecule has 1 heterocycles. The fraction of sp³-hybridized carbons (Fsp3) is 0.353. The monoisotopic (exact) mass is 315 g/mol. The van der Waals surface area contributed by atoms with E-state index in [4.69, 9.17) is 0 Å². The molecule has 6 heteroatoms. The third-order valence-corrected chi connectivity index (χ3v) is 3.89. The molecule has 0 unspecified atom stereocenters. The van der Waals surface area contributed by atoms with Crippen molar-refractivity contribution in [2.24, 2.45) is 0 Å². The van der Waals surface area contributed by atoms with Crippen LogP contribution in [0.3, 0.4) is 0 Å². The first-order valence-electron chi connectivity index (χ1n) is 7.49. The van der Waals surface area contributed by atoms with E-state index in [2.05, 4.69) is 5.32 Å². The summed E-state index contributed by atoms with van der Waals surface area (Å²) in [6, 6.07) is 7.39. The van der Waals surface area contributed by atoms with Crippen LogP contribution in [0.1, 0.15) is 24.5 Å². The van der Waals surface area contributed by atoms with Crippen LogP contribution in [0, 0.1) is 6.92 Å². The lowest BCUT2D eigenvalue weighted by molar-refractivity contribution is -0.134. The van der Waals surface area contributed by atoms with Gasteiger partial charge in [0.2, 0.25) is 0 Å². The van der Waals surface area contributed by atoms with Gasteiger partial charge in [0.25, 0.3) is 11.8 Å². The number of carbonyl (C=O) groups is 3. The molecule has 1 aromatic carbocycles. The molecule has 1 N–H and O–H groups in total. The predicted octanol–water partition coefficient (Wildman–Crippen LogP) is 1.80. The van der Waals surface area contributed by atoms with Crippen molar-refractivity contribution in [3.05, 3.63) is 46.7 Å². The van der Waals surface area contributed by atoms with E-state index in [1.165, 1.54) is 19.7 Å². The molecule has 1 aliphatic rings. The van der Waals surface area contributed by atoms with Gasteiger partial charge in [-0.15, -0.1) is 0 Å². The number of carbonyl (C=O) groups excluding carboxylic acids is 3. The molecule has 1 aliphatic heterocycles. The van der Waals surface area contributed by atoms with E-state index in [1.54, 1.807) is 0 Å². The van der Waals surface area contributed by atoms with Crippen LogP contribution in [0.5, 0.6) is 0 Å². The first-order valence-corrected chi connectivity index (χ1v) is 7.49. The number of nitrogens with one attached hydrogen (secondary N) is 1. The minimum absolute atomic E-state index is 0.0317. The second-order valence-corrected chi connectivity index (χ2v) is 5.56. The van der Waals surface area contributed by atoms with Gasteiger partial charge in [0.1, 0.15) is 5.57 Å². The quantitative estimate of drug-likeness (QED) is 0.679. The van der Waals surface area contributed by atoms with E-state index in [9.17, 15) is 14.4 Å². The number of nitrogens with zero attached hydrogens (tertiary/aromatic N) is 2. The molecule has 1 fully saturated rings. The Morgan fingerprint density at radius 2 is 1.52 bits per heavy atom. The largest absolute Gasteiger partial charge is 0.383 e. The molecule has 0 atom stereocenters. The molecule has 1 saturated heterocycles. The third-order valence-electron chi connectivity index (χ3n) is 3.89. The summed E-state index contributed by atoms with van der Waals surface area (Å²) in [4.78, 5) is 38.3. The van der Waals surface area contributed by atoms with Crippen LogP contribution in [-0.2, 0) is 16.1 Å². The molecule has 0 aromatic heterocycles. The van der Waals surface area contributed by atoms with E-state index in [1.807, 2.05) is 38.1 Å². The number of amides is 4. The fourth-order valence-corrected chi connectivity index (χ4v) is 2.39. The molecule has 0 radical (unpaired) electrons. The number of aryl methyl sites for hydroxylation is 1. The average molecular weight is 315 g/mol. The van der Waals surface area contributed by atoms with Crippen molar-refractivity contribution in [2.45, 2.75) is 26.8 Å². The zero-order chi connectivity index (χ0) is 17.1. The summed E-state index contributed by atoms with van der Waals surface area (Å²) >= 11 is 0. The van der Waals surface area contributed by atoms with Gasteiger partial charge < -0.3 is 5.32 Å². The normalized spacial score (nSPS) is 15.3. The average Bonchev–Trinajstić information content (AvgIpc) is 2.55. The van der Waals surface area contributed by atoms with Crippen LogP contribution in [0.2, 0.25) is 0 Å². The van der Waals surface area contributed by atoms with Crippen molar-refractivity contribution in [1.82, 2.24) is 15.1 Å². The van der Waals surface area contributed by atoms with Crippen LogP contribution in [0.4, 0.5) is 4.79 Å². The number of hydrogen-bond donors (Lipinski definition) is 1. The highest BCUT2D eigenvalue weighted by molar-refractivity contribution is 6.28. The molecular formula is C17H21N3O3. The lowest BCUT2D eigenvalue weighted by atomic mass is 10.1. The molecule has 0 aliphatic carbocycles. The van der Waals surface area contributed by atoms with E-state index in [-0.39, 0.29) is 5.57 Å². The molecule has 23 heavy (non-hydrogen) atoms. The van der Waals surface area contributed by atoms with Gasteiger partial charge >= 0.3 is 6.03 Å². The zero-order valence-corrected chi connectivity index (χ0v) is 13.8. The predicted molar refractivity (Wildman–Crippen MR) is 86.3 cm³/mol. The van der Waals surface area contributed by atoms with E-state index in [0.717, 1.165) is 15.4 Å². The van der Waals surface area contributed by atoms with Gasteiger partial charge in [-0.05, 0) is 18.9 Å². The highest BCUT2D eigenvalue weighted by Crippen LogP contribution is 2.19. The lowest BCUT2D eigenvalue weighted by Gasteiger charge is -2.30. The van der Waals surface area contributed by atoms with Gasteiger partial charge in [-0.1, -0.05) is 36.8 Å². The van der Waals surface area contributed by atoms with Gasteiger partial charge in [0.15, 0.2) is 0 Å². The van der Waals surface area contributed by atoms with Gasteiger partial charge in [-0.2, -0.15) is 0 Å². The van der Waals surface area contributed by atoms with Gasteiger partial charge in [0.05, 0.1) is 0 Å². The number of allylic oxidation sites excluding steroid dienone is 1. The summed E-state index contributed by atoms with van der Waals surface area (Å²) in [5.41, 5.74) is 2.80. The van der Waals surface area contributed by atoms with Crippen LogP contribution in [0.15, 0.2) is 35.5 Å². The van der Waals surface area contributed by atoms with Gasteiger partial charge in [0, 0.05) is 26.3 Å². The number of benzene rings is 1. The zero-order valence-electron chi connectivity index (χ0n) is 13.8. The summed E-state index contributed by atoms with van der Waals surface area (Å²) in [5, 5.41) is 3.16.